The van der Waals surface area contributed by atoms with Crippen molar-refractivity contribution < 1.29 is 28.3 Å². The van der Waals surface area contributed by atoms with Crippen LogP contribution in [0.15, 0.2) is 78.0 Å². The molecule has 3 aromatic carbocycles. The predicted octanol–water partition coefficient (Wildman–Crippen LogP) is 5.91. The Balaban J connectivity index is 0.808. The van der Waals surface area contributed by atoms with Crippen molar-refractivity contribution >= 4 is 46.0 Å². The fourth-order valence-corrected chi connectivity index (χ4v) is 9.40. The lowest BCUT2D eigenvalue weighted by Crippen LogP contribution is -2.68. The molecule has 1 saturated carbocycles. The second-order valence-electron chi connectivity index (χ2n) is 16.2. The highest BCUT2D eigenvalue weighted by molar-refractivity contribution is 7.98. The van der Waals surface area contributed by atoms with E-state index in [1.165, 1.54) is 36.2 Å². The number of methoxy groups -OCH3 is 1. The van der Waals surface area contributed by atoms with Crippen LogP contribution in [0.4, 0.5) is 21.5 Å². The number of nitro groups is 1. The average Bonchev–Trinajstić information content (AvgIpc) is 3.56. The van der Waals surface area contributed by atoms with Crippen LogP contribution in [-0.4, -0.2) is 114 Å². The number of carbonyl (C=O) groups is 1. The van der Waals surface area contributed by atoms with Gasteiger partial charge >= 0.3 is 0 Å². The number of anilines is 2. The molecule has 2 aromatic heterocycles. The summed E-state index contributed by atoms with van der Waals surface area (Å²) in [6.45, 7) is 8.69. The summed E-state index contributed by atoms with van der Waals surface area (Å²) in [5.74, 6) is 1.21. The normalized spacial score (nSPS) is 18.6. The van der Waals surface area contributed by atoms with Gasteiger partial charge in [-0.1, -0.05) is 6.07 Å². The van der Waals surface area contributed by atoms with Crippen LogP contribution >= 0.6 is 11.9 Å². The standard InChI is InChI=1S/C42H46FN9O6S/c1-48-22-30(23-48)58-37-8-3-26(13-39(37)56-2)21-49-9-11-50(12-10-49)28-17-42(18-28)24-51(25-42)27-4-6-32(41(53)47-59-31-5-7-35(44)36(16-31)52(54)55)38(14-27)57-29-15-33-34(43)20-46-40(33)45-19-29/h3-8,13-16,19-20,28,30H,9-12,17-18,21-25,44H2,1-2H3,(H,45,46)(H,47,53). The number of ether oxygens (including phenoxy) is 3. The number of nitrogens with two attached hydrogens (primary N) is 1. The van der Waals surface area contributed by atoms with Crippen molar-refractivity contribution in [3.05, 3.63) is 100 Å². The van der Waals surface area contributed by atoms with Gasteiger partial charge in [0, 0.05) is 99.3 Å². The highest BCUT2D eigenvalue weighted by atomic mass is 32.2. The van der Waals surface area contributed by atoms with Gasteiger partial charge in [-0.25, -0.2) is 9.37 Å². The third kappa shape index (κ3) is 8.07. The number of rotatable bonds is 13. The molecular formula is C42H46FN9O6S. The molecule has 1 aliphatic carbocycles. The highest BCUT2D eigenvalue weighted by Crippen LogP contribution is 2.52. The molecule has 0 atom stereocenters. The zero-order chi connectivity index (χ0) is 40.8. The van der Waals surface area contributed by atoms with E-state index in [9.17, 15) is 19.3 Å². The van der Waals surface area contributed by atoms with Crippen molar-refractivity contribution in [3.8, 4) is 23.0 Å². The molecular weight excluding hydrogens is 778 g/mol. The number of likely N-dealkylation sites (N-methyl/N-ethyl adjacent to an activating group) is 1. The van der Waals surface area contributed by atoms with Crippen LogP contribution < -0.4 is 29.6 Å². The third-order valence-corrected chi connectivity index (χ3v) is 12.8. The number of fused-ring (bicyclic) bond motifs is 1. The van der Waals surface area contributed by atoms with Crippen molar-refractivity contribution in [2.75, 3.05) is 77.1 Å². The molecule has 15 nitrogen and oxygen atoms in total. The SMILES string of the molecule is COc1cc(CN2CCN(C3CC4(C3)CN(c3ccc(C(=O)NSc5ccc(N)c([N+](=O)[O-])c5)c(Oc5cnc6[nH]cc(F)c6c5)c3)C4)CC2)ccc1OC1CN(C)C1. The fraction of sp³-hybridized carbons (Fsp3) is 0.381. The summed E-state index contributed by atoms with van der Waals surface area (Å²) >= 11 is 0.930. The summed E-state index contributed by atoms with van der Waals surface area (Å²) in [6, 6.07) is 18.2. The lowest BCUT2D eigenvalue weighted by molar-refractivity contribution is -0.384. The number of carbonyl (C=O) groups excluding carboxylic acids is 1. The Morgan fingerprint density at radius 1 is 1.05 bits per heavy atom. The maximum atomic E-state index is 14.4. The van der Waals surface area contributed by atoms with E-state index in [0.29, 0.717) is 16.6 Å². The Kier molecular flexibility index (Phi) is 10.4. The van der Waals surface area contributed by atoms with E-state index in [4.69, 9.17) is 19.9 Å². The first kappa shape index (κ1) is 38.9. The lowest BCUT2D eigenvalue weighted by Gasteiger charge is -2.62. The maximum absolute atomic E-state index is 14.4. The fourth-order valence-electron chi connectivity index (χ4n) is 8.77. The molecule has 0 unspecified atom stereocenters. The second kappa shape index (κ2) is 15.9. The predicted molar refractivity (Wildman–Crippen MR) is 223 cm³/mol. The van der Waals surface area contributed by atoms with Gasteiger partial charge in [-0.2, -0.15) is 0 Å². The number of nitro benzene ring substituents is 1. The largest absolute Gasteiger partial charge is 0.493 e. The number of pyridine rings is 1. The molecule has 4 N–H and O–H groups in total. The van der Waals surface area contributed by atoms with Crippen LogP contribution in [0, 0.1) is 21.3 Å². The minimum atomic E-state index is -0.569. The lowest BCUT2D eigenvalue weighted by atomic mass is 9.60. The summed E-state index contributed by atoms with van der Waals surface area (Å²) in [5, 5.41) is 11.7. The third-order valence-electron chi connectivity index (χ3n) is 12.0. The molecule has 5 heterocycles. The van der Waals surface area contributed by atoms with E-state index in [1.807, 2.05) is 18.2 Å². The monoisotopic (exact) mass is 823 g/mol. The average molecular weight is 824 g/mol. The van der Waals surface area contributed by atoms with Crippen LogP contribution in [0.3, 0.4) is 0 Å². The highest BCUT2D eigenvalue weighted by Gasteiger charge is 2.54. The molecule has 9 rings (SSSR count). The summed E-state index contributed by atoms with van der Waals surface area (Å²) in [6.07, 6.45) is 5.22. The Labute approximate surface area is 344 Å². The Morgan fingerprint density at radius 2 is 1.85 bits per heavy atom. The summed E-state index contributed by atoms with van der Waals surface area (Å²) in [7, 11) is 3.79. The minimum Gasteiger partial charge on any atom is -0.493 e. The summed E-state index contributed by atoms with van der Waals surface area (Å²) < 4.78 is 35.3. The number of halogens is 1. The number of likely N-dealkylation sites (tertiary alicyclic amines) is 1. The van der Waals surface area contributed by atoms with Gasteiger partial charge in [0.15, 0.2) is 11.5 Å². The van der Waals surface area contributed by atoms with Crippen LogP contribution in [0.1, 0.15) is 28.8 Å². The number of benzene rings is 3. The molecule has 17 heteroatoms. The molecule has 4 fully saturated rings. The second-order valence-corrected chi connectivity index (χ2v) is 17.1. The van der Waals surface area contributed by atoms with Crippen molar-refractivity contribution in [2.24, 2.45) is 5.41 Å². The van der Waals surface area contributed by atoms with E-state index >= 15 is 0 Å². The number of aromatic nitrogens is 2. The molecule has 59 heavy (non-hydrogen) atoms. The van der Waals surface area contributed by atoms with Crippen LogP contribution in [0.5, 0.6) is 23.0 Å². The first-order valence-electron chi connectivity index (χ1n) is 19.7. The number of H-pyrrole nitrogens is 1. The number of aromatic amines is 1. The number of nitrogen functional groups attached to an aromatic ring is 1. The Bertz CT molecular complexity index is 2390. The molecule has 308 valence electrons. The van der Waals surface area contributed by atoms with Gasteiger partial charge in [-0.05, 0) is 79.9 Å². The number of piperazine rings is 1. The zero-order valence-corrected chi connectivity index (χ0v) is 33.7. The molecule has 0 bridgehead atoms. The number of hydrogen-bond donors (Lipinski definition) is 3. The summed E-state index contributed by atoms with van der Waals surface area (Å²) in [5.41, 5.74) is 8.54. The van der Waals surface area contributed by atoms with Gasteiger partial charge in [0.05, 0.1) is 29.2 Å². The molecule has 3 aliphatic heterocycles. The Hall–Kier alpha value is -5.62. The molecule has 5 aromatic rings. The van der Waals surface area contributed by atoms with E-state index in [0.717, 1.165) is 101 Å². The van der Waals surface area contributed by atoms with Gasteiger partial charge in [0.2, 0.25) is 0 Å². The van der Waals surface area contributed by atoms with Crippen LogP contribution in [-0.2, 0) is 6.54 Å². The number of nitrogens with one attached hydrogen (secondary N) is 2. The molecule has 0 radical (unpaired) electrons. The molecule has 1 amide bonds. The number of amides is 1. The van der Waals surface area contributed by atoms with Gasteiger partial charge in [0.25, 0.3) is 11.6 Å². The van der Waals surface area contributed by atoms with Crippen molar-refractivity contribution in [1.82, 2.24) is 29.4 Å². The quantitative estimate of drug-likeness (QED) is 0.0556. The summed E-state index contributed by atoms with van der Waals surface area (Å²) in [4.78, 5) is 41.6. The molecule has 3 saturated heterocycles. The maximum Gasteiger partial charge on any atom is 0.293 e. The van der Waals surface area contributed by atoms with Crippen molar-refractivity contribution in [2.45, 2.75) is 36.4 Å². The molecule has 1 spiro atoms. The van der Waals surface area contributed by atoms with Gasteiger partial charge in [0.1, 0.15) is 34.8 Å². The Morgan fingerprint density at radius 3 is 2.59 bits per heavy atom. The van der Waals surface area contributed by atoms with Crippen LogP contribution in [0.2, 0.25) is 0 Å². The molecule has 4 aliphatic rings. The van der Waals surface area contributed by atoms with Crippen molar-refractivity contribution in [1.29, 1.82) is 0 Å². The first-order valence-corrected chi connectivity index (χ1v) is 20.5. The first-order chi connectivity index (χ1) is 28.5. The van der Waals surface area contributed by atoms with Crippen molar-refractivity contribution in [3.63, 3.8) is 0 Å². The van der Waals surface area contributed by atoms with E-state index in [2.05, 4.69) is 53.5 Å². The van der Waals surface area contributed by atoms with E-state index in [-0.39, 0.29) is 45.3 Å². The number of hydrogen-bond acceptors (Lipinski definition) is 13. The van der Waals surface area contributed by atoms with E-state index < -0.39 is 16.6 Å². The topological polar surface area (TPSA) is 168 Å². The van der Waals surface area contributed by atoms with Gasteiger partial charge < -0.3 is 29.8 Å². The van der Waals surface area contributed by atoms with Gasteiger partial charge in [-0.15, -0.1) is 0 Å². The zero-order valence-electron chi connectivity index (χ0n) is 32.9. The smallest absolute Gasteiger partial charge is 0.293 e. The minimum absolute atomic E-state index is 0.0312. The van der Waals surface area contributed by atoms with Gasteiger partial charge in [-0.3, -0.25) is 34.3 Å². The number of nitrogens with zero attached hydrogens (tertiary/aromatic N) is 6. The van der Waals surface area contributed by atoms with Crippen LogP contribution in [0.25, 0.3) is 11.0 Å². The van der Waals surface area contributed by atoms with E-state index in [1.54, 1.807) is 19.2 Å².